The van der Waals surface area contributed by atoms with Gasteiger partial charge < -0.3 is 0 Å². The Morgan fingerprint density at radius 1 is 0.818 bits per heavy atom. The zero-order valence-electron chi connectivity index (χ0n) is 16.1. The molecule has 0 aromatic heterocycles. The van der Waals surface area contributed by atoms with E-state index in [1.807, 2.05) is 0 Å². The fourth-order valence-electron chi connectivity index (χ4n) is 7.64. The molecule has 0 aromatic carbocycles. The molecule has 4 unspecified atom stereocenters. The van der Waals surface area contributed by atoms with Gasteiger partial charge in [0.2, 0.25) is 0 Å². The van der Waals surface area contributed by atoms with Gasteiger partial charge in [0.05, 0.1) is 0 Å². The van der Waals surface area contributed by atoms with Crippen LogP contribution in [0.4, 0.5) is 0 Å². The Morgan fingerprint density at radius 2 is 1.27 bits per heavy atom. The molecule has 0 N–H and O–H groups in total. The predicted molar refractivity (Wildman–Crippen MR) is 96.8 cm³/mol. The van der Waals surface area contributed by atoms with Gasteiger partial charge in [-0.25, -0.2) is 0 Å². The zero-order chi connectivity index (χ0) is 16.1. The molecule has 0 aromatic rings. The van der Waals surface area contributed by atoms with Crippen LogP contribution in [0.15, 0.2) is 0 Å². The van der Waals surface area contributed by atoms with E-state index >= 15 is 0 Å². The van der Waals surface area contributed by atoms with Crippen molar-refractivity contribution in [2.45, 2.75) is 92.9 Å². The van der Waals surface area contributed by atoms with Crippen LogP contribution in [-0.2, 0) is 0 Å². The molecule has 0 saturated heterocycles. The minimum Gasteiger partial charge on any atom is -0.0654 e. The molecule has 4 aliphatic carbocycles. The molecule has 0 spiro atoms. The third-order valence-electron chi connectivity index (χ3n) is 7.71. The minimum absolute atomic E-state index is 0.509. The Morgan fingerprint density at radius 3 is 1.68 bits per heavy atom. The number of hydrogen-bond acceptors (Lipinski definition) is 0. The molecule has 128 valence electrons. The fraction of sp³-hybridized carbons (Fsp3) is 1.00. The van der Waals surface area contributed by atoms with Gasteiger partial charge in [0, 0.05) is 0 Å². The third-order valence-corrected chi connectivity index (χ3v) is 7.71. The van der Waals surface area contributed by atoms with E-state index in [1.165, 1.54) is 32.1 Å². The largest absolute Gasteiger partial charge is 0.0654 e. The van der Waals surface area contributed by atoms with E-state index in [0.717, 1.165) is 40.9 Å². The molecule has 0 aliphatic heterocycles. The molecule has 22 heavy (non-hydrogen) atoms. The molecule has 0 radical (unpaired) electrons. The summed E-state index contributed by atoms with van der Waals surface area (Å²) < 4.78 is 0. The van der Waals surface area contributed by atoms with Crippen LogP contribution in [0.5, 0.6) is 0 Å². The Labute approximate surface area is 139 Å². The summed E-state index contributed by atoms with van der Waals surface area (Å²) in [5.74, 6) is 6.36. The van der Waals surface area contributed by atoms with Gasteiger partial charge in [-0.3, -0.25) is 0 Å². The molecule has 0 amide bonds. The standard InChI is InChI=1S/C22H40/c1-7-9-16-18-11-22(14-21(4,5)6)12-19(15(18)3)17(10-8-2)20(16)13-22/h15-20H,7-14H2,1-6H3. The Bertz CT molecular complexity index is 363. The molecule has 4 aliphatic rings. The SMILES string of the molecule is CCCC1C2CC3(CC(C)(C)C)CC(C2C)C(CCC)C1C3. The molecular formula is C22H40. The van der Waals surface area contributed by atoms with Gasteiger partial charge in [-0.1, -0.05) is 67.2 Å². The molecule has 4 saturated carbocycles. The van der Waals surface area contributed by atoms with Crippen molar-refractivity contribution in [2.75, 3.05) is 0 Å². The Kier molecular flexibility index (Phi) is 4.45. The summed E-state index contributed by atoms with van der Waals surface area (Å²) >= 11 is 0. The van der Waals surface area contributed by atoms with E-state index in [9.17, 15) is 0 Å². The van der Waals surface area contributed by atoms with Crippen LogP contribution in [0.25, 0.3) is 0 Å². The van der Waals surface area contributed by atoms with Gasteiger partial charge in [0.15, 0.2) is 0 Å². The second kappa shape index (κ2) is 5.82. The topological polar surface area (TPSA) is 0 Å². The van der Waals surface area contributed by atoms with Crippen LogP contribution in [0, 0.1) is 46.3 Å². The highest BCUT2D eigenvalue weighted by Crippen LogP contribution is 2.69. The monoisotopic (exact) mass is 304 g/mol. The van der Waals surface area contributed by atoms with E-state index in [2.05, 4.69) is 41.5 Å². The highest BCUT2D eigenvalue weighted by atomic mass is 14.7. The van der Waals surface area contributed by atoms with Crippen LogP contribution in [0.1, 0.15) is 92.9 Å². The summed E-state index contributed by atoms with van der Waals surface area (Å²) in [4.78, 5) is 0. The van der Waals surface area contributed by atoms with Crippen molar-refractivity contribution in [3.8, 4) is 0 Å². The smallest absolute Gasteiger partial charge is 0.0284 e. The maximum Gasteiger partial charge on any atom is -0.0284 e. The average Bonchev–Trinajstić information content (AvgIpc) is 2.40. The third kappa shape index (κ3) is 2.78. The van der Waals surface area contributed by atoms with Gasteiger partial charge in [-0.2, -0.15) is 0 Å². The minimum atomic E-state index is 0.509. The van der Waals surface area contributed by atoms with E-state index in [0.29, 0.717) is 5.41 Å². The zero-order valence-corrected chi connectivity index (χ0v) is 16.1. The Hall–Kier alpha value is 0. The van der Waals surface area contributed by atoms with Crippen LogP contribution in [0.2, 0.25) is 0 Å². The fourth-order valence-corrected chi connectivity index (χ4v) is 7.64. The van der Waals surface area contributed by atoms with Crippen molar-refractivity contribution in [1.29, 1.82) is 0 Å². The van der Waals surface area contributed by atoms with E-state index in [4.69, 9.17) is 0 Å². The summed E-state index contributed by atoms with van der Waals surface area (Å²) in [5, 5.41) is 0. The van der Waals surface area contributed by atoms with Gasteiger partial charge in [-0.15, -0.1) is 0 Å². The van der Waals surface area contributed by atoms with E-state index in [1.54, 1.807) is 19.3 Å². The summed E-state index contributed by atoms with van der Waals surface area (Å²) in [7, 11) is 0. The first-order chi connectivity index (χ1) is 10.3. The second-order valence-corrected chi connectivity index (χ2v) is 10.6. The number of rotatable bonds is 5. The lowest BCUT2D eigenvalue weighted by Crippen LogP contribution is -2.59. The van der Waals surface area contributed by atoms with Crippen molar-refractivity contribution < 1.29 is 0 Å². The molecular weight excluding hydrogens is 264 g/mol. The number of hydrogen-bond donors (Lipinski definition) is 0. The summed E-state index contributed by atoms with van der Waals surface area (Å²) in [6, 6.07) is 0. The molecule has 4 rings (SSSR count). The van der Waals surface area contributed by atoms with Crippen molar-refractivity contribution in [3.05, 3.63) is 0 Å². The Balaban J connectivity index is 1.89. The first-order valence-corrected chi connectivity index (χ1v) is 10.3. The first-order valence-electron chi connectivity index (χ1n) is 10.3. The molecule has 0 heteroatoms. The quantitative estimate of drug-likeness (QED) is 0.516. The highest BCUT2D eigenvalue weighted by Gasteiger charge is 2.61. The van der Waals surface area contributed by atoms with Crippen LogP contribution >= 0.6 is 0 Å². The predicted octanol–water partition coefficient (Wildman–Crippen LogP) is 6.94. The lowest BCUT2D eigenvalue weighted by Gasteiger charge is -2.67. The van der Waals surface area contributed by atoms with Gasteiger partial charge in [0.25, 0.3) is 0 Å². The molecule has 4 fully saturated rings. The molecule has 4 bridgehead atoms. The van der Waals surface area contributed by atoms with Gasteiger partial charge >= 0.3 is 0 Å². The summed E-state index contributed by atoms with van der Waals surface area (Å²) in [6.07, 6.45) is 12.0. The average molecular weight is 305 g/mol. The lowest BCUT2D eigenvalue weighted by molar-refractivity contribution is -0.179. The first kappa shape index (κ1) is 16.8. The van der Waals surface area contributed by atoms with Crippen molar-refractivity contribution in [3.63, 3.8) is 0 Å². The van der Waals surface area contributed by atoms with Gasteiger partial charge in [-0.05, 0) is 72.0 Å². The van der Waals surface area contributed by atoms with Crippen molar-refractivity contribution >= 4 is 0 Å². The normalized spacial score (nSPS) is 47.2. The van der Waals surface area contributed by atoms with Gasteiger partial charge in [0.1, 0.15) is 0 Å². The van der Waals surface area contributed by atoms with Crippen molar-refractivity contribution in [1.82, 2.24) is 0 Å². The highest BCUT2D eigenvalue weighted by molar-refractivity contribution is 5.10. The maximum atomic E-state index is 2.63. The lowest BCUT2D eigenvalue weighted by atomic mass is 9.38. The summed E-state index contributed by atoms with van der Waals surface area (Å²) in [6.45, 7) is 14.9. The van der Waals surface area contributed by atoms with Crippen LogP contribution < -0.4 is 0 Å². The van der Waals surface area contributed by atoms with Crippen LogP contribution in [-0.4, -0.2) is 0 Å². The van der Waals surface area contributed by atoms with Crippen LogP contribution in [0.3, 0.4) is 0 Å². The maximum absolute atomic E-state index is 2.63. The van der Waals surface area contributed by atoms with E-state index in [-0.39, 0.29) is 0 Å². The molecule has 0 nitrogen and oxygen atoms in total. The summed E-state index contributed by atoms with van der Waals surface area (Å²) in [5.41, 5.74) is 1.23. The van der Waals surface area contributed by atoms with Crippen molar-refractivity contribution in [2.24, 2.45) is 46.3 Å². The molecule has 0 heterocycles. The van der Waals surface area contributed by atoms with E-state index < -0.39 is 0 Å². The molecule has 4 atom stereocenters. The second-order valence-electron chi connectivity index (χ2n) is 10.6.